The van der Waals surface area contributed by atoms with Gasteiger partial charge in [-0.2, -0.15) is 0 Å². The predicted molar refractivity (Wildman–Crippen MR) is 121 cm³/mol. The van der Waals surface area contributed by atoms with Gasteiger partial charge in [-0.15, -0.1) is 0 Å². The summed E-state index contributed by atoms with van der Waals surface area (Å²) in [6.07, 6.45) is 2.85. The van der Waals surface area contributed by atoms with E-state index in [0.717, 1.165) is 23.3 Å². The Labute approximate surface area is 193 Å². The Morgan fingerprint density at radius 1 is 0.788 bits per heavy atom. The van der Waals surface area contributed by atoms with Gasteiger partial charge in [-0.05, 0) is 37.0 Å². The Hall–Kier alpha value is -3.48. The molecule has 0 bridgehead atoms. The molecule has 0 spiro atoms. The van der Waals surface area contributed by atoms with Gasteiger partial charge in [-0.3, -0.25) is 24.1 Å². The third kappa shape index (κ3) is 4.15. The number of fused-ring (bicyclic) bond motifs is 1. The van der Waals surface area contributed by atoms with E-state index in [1.807, 2.05) is 35.2 Å². The van der Waals surface area contributed by atoms with Crippen LogP contribution in [-0.2, 0) is 16.0 Å². The van der Waals surface area contributed by atoms with E-state index >= 15 is 0 Å². The monoisotopic (exact) mass is 445 g/mol. The molecule has 2 aliphatic heterocycles. The second-order valence-electron chi connectivity index (χ2n) is 9.01. The minimum absolute atomic E-state index is 0.149. The van der Waals surface area contributed by atoms with E-state index in [4.69, 9.17) is 0 Å². The molecule has 1 saturated carbocycles. The van der Waals surface area contributed by atoms with Crippen LogP contribution < -0.4 is 0 Å². The Kier molecular flexibility index (Phi) is 5.70. The molecule has 2 heterocycles. The summed E-state index contributed by atoms with van der Waals surface area (Å²) in [5.74, 6) is -0.758. The molecule has 4 amide bonds. The van der Waals surface area contributed by atoms with E-state index in [1.165, 1.54) is 0 Å². The smallest absolute Gasteiger partial charge is 0.262 e. The van der Waals surface area contributed by atoms with Crippen molar-refractivity contribution in [2.45, 2.75) is 31.7 Å². The number of nitrogens with zero attached hydrogens (tertiary/aromatic N) is 3. The number of hydrogen-bond donors (Lipinski definition) is 0. The van der Waals surface area contributed by atoms with Gasteiger partial charge in [0.25, 0.3) is 11.8 Å². The number of hydrogen-bond acceptors (Lipinski definition) is 4. The number of imide groups is 1. The largest absolute Gasteiger partial charge is 0.341 e. The van der Waals surface area contributed by atoms with Gasteiger partial charge in [-0.25, -0.2) is 0 Å². The third-order valence-corrected chi connectivity index (χ3v) is 6.74. The second-order valence-corrected chi connectivity index (χ2v) is 9.01. The summed E-state index contributed by atoms with van der Waals surface area (Å²) >= 11 is 0. The van der Waals surface area contributed by atoms with Crippen LogP contribution in [-0.4, -0.2) is 70.5 Å². The maximum Gasteiger partial charge on any atom is 0.262 e. The quantitative estimate of drug-likeness (QED) is 0.662. The molecule has 7 nitrogen and oxygen atoms in total. The Morgan fingerprint density at radius 2 is 1.36 bits per heavy atom. The van der Waals surface area contributed by atoms with Crippen molar-refractivity contribution in [3.63, 3.8) is 0 Å². The molecule has 1 unspecified atom stereocenters. The highest BCUT2D eigenvalue weighted by molar-refractivity contribution is 6.22. The summed E-state index contributed by atoms with van der Waals surface area (Å²) in [4.78, 5) is 57.4. The fraction of sp³-hybridized carbons (Fsp3) is 0.385. The zero-order chi connectivity index (χ0) is 22.9. The van der Waals surface area contributed by atoms with Crippen molar-refractivity contribution in [2.75, 3.05) is 26.2 Å². The first kappa shape index (κ1) is 21.4. The molecule has 0 radical (unpaired) electrons. The lowest BCUT2D eigenvalue weighted by Crippen LogP contribution is -2.52. The van der Waals surface area contributed by atoms with E-state index in [-0.39, 0.29) is 24.2 Å². The summed E-state index contributed by atoms with van der Waals surface area (Å²) in [6, 6.07) is 15.2. The van der Waals surface area contributed by atoms with Crippen LogP contribution in [0.5, 0.6) is 0 Å². The Bertz CT molecular complexity index is 1060. The average Bonchev–Trinajstić information content (AvgIpc) is 3.68. The summed E-state index contributed by atoms with van der Waals surface area (Å²) < 4.78 is 0. The van der Waals surface area contributed by atoms with Crippen LogP contribution in [0.25, 0.3) is 0 Å². The first-order valence-corrected chi connectivity index (χ1v) is 11.6. The fourth-order valence-electron chi connectivity index (χ4n) is 4.77. The van der Waals surface area contributed by atoms with Crippen molar-refractivity contribution in [1.82, 2.24) is 14.7 Å². The lowest BCUT2D eigenvalue weighted by Gasteiger charge is -2.31. The maximum atomic E-state index is 13.8. The predicted octanol–water partition coefficient (Wildman–Crippen LogP) is 2.36. The topological polar surface area (TPSA) is 78.0 Å². The van der Waals surface area contributed by atoms with Gasteiger partial charge in [0.1, 0.15) is 6.04 Å². The van der Waals surface area contributed by atoms with E-state index in [0.29, 0.717) is 43.7 Å². The normalized spacial score (nSPS) is 19.3. The van der Waals surface area contributed by atoms with Gasteiger partial charge in [0.05, 0.1) is 11.1 Å². The minimum atomic E-state index is -0.925. The molecule has 2 aromatic carbocycles. The standard InChI is InChI=1S/C26H27N3O4/c30-23(19-11-12-19)27-13-6-14-28(16-15-27)26(33)22(17-18-7-2-1-3-8-18)29-24(31)20-9-4-5-10-21(20)25(29)32/h1-5,7-10,19,22H,6,11-17H2. The van der Waals surface area contributed by atoms with Crippen LogP contribution in [0, 0.1) is 5.92 Å². The van der Waals surface area contributed by atoms with Gasteiger partial charge >= 0.3 is 0 Å². The highest BCUT2D eigenvalue weighted by Gasteiger charge is 2.44. The number of rotatable bonds is 5. The van der Waals surface area contributed by atoms with Gasteiger partial charge in [-0.1, -0.05) is 42.5 Å². The van der Waals surface area contributed by atoms with Gasteiger partial charge in [0, 0.05) is 38.5 Å². The van der Waals surface area contributed by atoms with E-state index in [1.54, 1.807) is 29.2 Å². The van der Waals surface area contributed by atoms with E-state index < -0.39 is 17.9 Å². The molecule has 5 rings (SSSR count). The molecule has 33 heavy (non-hydrogen) atoms. The summed E-state index contributed by atoms with van der Waals surface area (Å²) in [7, 11) is 0. The average molecular weight is 446 g/mol. The molecule has 7 heteroatoms. The van der Waals surface area contributed by atoms with Gasteiger partial charge < -0.3 is 9.80 Å². The molecule has 170 valence electrons. The molecule has 0 N–H and O–H groups in total. The zero-order valence-electron chi connectivity index (χ0n) is 18.5. The lowest BCUT2D eigenvalue weighted by atomic mass is 10.0. The van der Waals surface area contributed by atoms with Crippen molar-refractivity contribution in [2.24, 2.45) is 5.92 Å². The van der Waals surface area contributed by atoms with Crippen molar-refractivity contribution in [3.8, 4) is 0 Å². The highest BCUT2D eigenvalue weighted by Crippen LogP contribution is 2.31. The Morgan fingerprint density at radius 3 is 2.00 bits per heavy atom. The minimum Gasteiger partial charge on any atom is -0.341 e. The maximum absolute atomic E-state index is 13.8. The fourth-order valence-corrected chi connectivity index (χ4v) is 4.77. The SMILES string of the molecule is O=C(C1CC1)N1CCCN(C(=O)C(Cc2ccccc2)N2C(=O)c3ccccc3C2=O)CC1. The number of carbonyl (C=O) groups is 4. The molecule has 1 saturated heterocycles. The lowest BCUT2D eigenvalue weighted by molar-refractivity contribution is -0.136. The van der Waals surface area contributed by atoms with Crippen LogP contribution >= 0.6 is 0 Å². The molecule has 2 fully saturated rings. The van der Waals surface area contributed by atoms with Crippen LogP contribution in [0.15, 0.2) is 54.6 Å². The van der Waals surface area contributed by atoms with Crippen LogP contribution in [0.2, 0.25) is 0 Å². The number of amides is 4. The molecular weight excluding hydrogens is 418 g/mol. The molecular formula is C26H27N3O4. The zero-order valence-corrected chi connectivity index (χ0v) is 18.5. The van der Waals surface area contributed by atoms with Crippen LogP contribution in [0.4, 0.5) is 0 Å². The van der Waals surface area contributed by atoms with Crippen molar-refractivity contribution < 1.29 is 19.2 Å². The van der Waals surface area contributed by atoms with Crippen LogP contribution in [0.3, 0.4) is 0 Å². The second kappa shape index (κ2) is 8.81. The molecule has 1 aliphatic carbocycles. The third-order valence-electron chi connectivity index (χ3n) is 6.74. The van der Waals surface area contributed by atoms with Gasteiger partial charge in [0.15, 0.2) is 0 Å². The van der Waals surface area contributed by atoms with Crippen LogP contribution in [0.1, 0.15) is 45.5 Å². The van der Waals surface area contributed by atoms with Crippen molar-refractivity contribution in [1.29, 1.82) is 0 Å². The Balaban J connectivity index is 1.40. The van der Waals surface area contributed by atoms with Crippen molar-refractivity contribution in [3.05, 3.63) is 71.3 Å². The summed E-state index contributed by atoms with van der Waals surface area (Å²) in [6.45, 7) is 2.03. The van der Waals surface area contributed by atoms with Gasteiger partial charge in [0.2, 0.25) is 11.8 Å². The van der Waals surface area contributed by atoms with E-state index in [2.05, 4.69) is 0 Å². The number of carbonyl (C=O) groups excluding carboxylic acids is 4. The summed E-state index contributed by atoms with van der Waals surface area (Å²) in [5, 5.41) is 0. The van der Waals surface area contributed by atoms with Crippen molar-refractivity contribution >= 4 is 23.6 Å². The molecule has 0 aromatic heterocycles. The first-order chi connectivity index (χ1) is 16.0. The highest BCUT2D eigenvalue weighted by atomic mass is 16.2. The summed E-state index contributed by atoms with van der Waals surface area (Å²) in [5.41, 5.74) is 1.56. The molecule has 1 atom stereocenters. The van der Waals surface area contributed by atoms with E-state index in [9.17, 15) is 19.2 Å². The number of benzene rings is 2. The first-order valence-electron chi connectivity index (χ1n) is 11.6. The molecule has 3 aliphatic rings. The molecule has 2 aromatic rings.